The molecule has 0 amide bonds. The predicted octanol–water partition coefficient (Wildman–Crippen LogP) is 14.5. The number of rotatable bonds is 3. The first-order valence-corrected chi connectivity index (χ1v) is 17.4. The molecule has 7 heteroatoms. The average molecular weight is 661 g/mol. The average Bonchev–Trinajstić information content (AvgIpc) is 3.44. The number of furan rings is 1. The quantitative estimate of drug-likeness (QED) is 0.136. The monoisotopic (exact) mass is 660 g/mol. The number of hydrogen-bond acceptors (Lipinski definition) is 1. The lowest BCUT2D eigenvalue weighted by Crippen LogP contribution is -2.08. The number of hydrogen-bond donors (Lipinski definition) is 0. The standard InChI is InChI=1S/C41H25F5OS/c1-24-26-11-2-4-13-29(26)38(30-14-5-3-12-27(24)30)25-21-22-28-33-19-10-20-36(40(33)47-37(28)23-25)39-31-15-6-8-17-34(31)41(48(42,43,44,45)46)35-18-9-7-16-32(35)39/h2-23H,1H3. The van der Waals surface area contributed by atoms with Gasteiger partial charge in [0.25, 0.3) is 0 Å². The molecule has 0 bridgehead atoms. The van der Waals surface area contributed by atoms with Crippen LogP contribution in [0.2, 0.25) is 0 Å². The highest BCUT2D eigenvalue weighted by molar-refractivity contribution is 8.46. The van der Waals surface area contributed by atoms with Gasteiger partial charge < -0.3 is 4.42 Å². The van der Waals surface area contributed by atoms with E-state index in [0.29, 0.717) is 22.3 Å². The van der Waals surface area contributed by atoms with Crippen LogP contribution in [0.15, 0.2) is 143 Å². The summed E-state index contributed by atoms with van der Waals surface area (Å²) in [6, 6.07) is 39.3. The van der Waals surface area contributed by atoms with Crippen LogP contribution in [0.4, 0.5) is 19.4 Å². The smallest absolute Gasteiger partial charge is 0.311 e. The van der Waals surface area contributed by atoms with Gasteiger partial charge in [0.2, 0.25) is 0 Å². The Morgan fingerprint density at radius 3 is 1.42 bits per heavy atom. The first-order valence-electron chi connectivity index (χ1n) is 15.4. The van der Waals surface area contributed by atoms with Crippen LogP contribution in [0.3, 0.4) is 0 Å². The van der Waals surface area contributed by atoms with Crippen molar-refractivity contribution in [2.24, 2.45) is 0 Å². The van der Waals surface area contributed by atoms with E-state index in [9.17, 15) is 19.4 Å². The van der Waals surface area contributed by atoms with Crippen molar-refractivity contribution in [3.63, 3.8) is 0 Å². The van der Waals surface area contributed by atoms with E-state index in [1.807, 2.05) is 48.5 Å². The number of para-hydroxylation sites is 1. The van der Waals surface area contributed by atoms with Crippen LogP contribution >= 0.6 is 10.2 Å². The summed E-state index contributed by atoms with van der Waals surface area (Å²) in [7, 11) is -10.1. The molecule has 8 aromatic carbocycles. The van der Waals surface area contributed by atoms with E-state index >= 15 is 0 Å². The van der Waals surface area contributed by atoms with Crippen LogP contribution in [-0.4, -0.2) is 0 Å². The molecule has 1 nitrogen and oxygen atoms in total. The third-order valence-electron chi connectivity index (χ3n) is 9.53. The van der Waals surface area contributed by atoms with Crippen molar-refractivity contribution in [1.29, 1.82) is 0 Å². The molecular formula is C41H25F5OS. The molecule has 48 heavy (non-hydrogen) atoms. The second-order valence-electron chi connectivity index (χ2n) is 12.4. The van der Waals surface area contributed by atoms with E-state index in [0.717, 1.165) is 55.6 Å². The highest BCUT2D eigenvalue weighted by atomic mass is 32.5. The molecule has 1 aromatic heterocycles. The molecule has 236 valence electrons. The number of aryl methyl sites for hydroxylation is 1. The molecule has 0 N–H and O–H groups in total. The van der Waals surface area contributed by atoms with Gasteiger partial charge in [0.05, 0.1) is 0 Å². The maximum Gasteiger partial charge on any atom is 0.311 e. The Morgan fingerprint density at radius 2 is 0.896 bits per heavy atom. The Labute approximate surface area is 271 Å². The van der Waals surface area contributed by atoms with Gasteiger partial charge in [-0.15, -0.1) is 0 Å². The lowest BCUT2D eigenvalue weighted by Gasteiger charge is -2.42. The summed E-state index contributed by atoms with van der Waals surface area (Å²) in [5, 5.41) is 5.23. The summed E-state index contributed by atoms with van der Waals surface area (Å²) in [5.74, 6) is 0. The minimum atomic E-state index is -10.1. The lowest BCUT2D eigenvalue weighted by molar-refractivity contribution is 0.367. The second-order valence-corrected chi connectivity index (χ2v) is 14.7. The molecule has 0 aliphatic carbocycles. The van der Waals surface area contributed by atoms with E-state index in [1.54, 1.807) is 18.2 Å². The maximum absolute atomic E-state index is 14.7. The Morgan fingerprint density at radius 1 is 0.438 bits per heavy atom. The number of fused-ring (bicyclic) bond motifs is 7. The molecule has 0 fully saturated rings. The highest BCUT2D eigenvalue weighted by Gasteiger charge is 2.67. The molecule has 0 radical (unpaired) electrons. The predicted molar refractivity (Wildman–Crippen MR) is 191 cm³/mol. The molecule has 0 unspecified atom stereocenters. The molecule has 0 spiro atoms. The lowest BCUT2D eigenvalue weighted by atomic mass is 9.88. The molecule has 0 saturated carbocycles. The van der Waals surface area contributed by atoms with Crippen molar-refractivity contribution >= 4 is 75.3 Å². The van der Waals surface area contributed by atoms with Crippen LogP contribution in [0.25, 0.3) is 87.3 Å². The van der Waals surface area contributed by atoms with Gasteiger partial charge >= 0.3 is 10.2 Å². The number of benzene rings is 8. The summed E-state index contributed by atoms with van der Waals surface area (Å²) in [6.07, 6.45) is 0. The third kappa shape index (κ3) is 4.17. The second kappa shape index (κ2) is 9.14. The fraction of sp³-hybridized carbons (Fsp3) is 0.0244. The zero-order chi connectivity index (χ0) is 33.1. The zero-order valence-corrected chi connectivity index (χ0v) is 26.2. The highest BCUT2D eigenvalue weighted by Crippen LogP contribution is 3.03. The summed E-state index contributed by atoms with van der Waals surface area (Å²) in [5.41, 5.74) is 5.27. The van der Waals surface area contributed by atoms with E-state index in [4.69, 9.17) is 4.42 Å². The van der Waals surface area contributed by atoms with Crippen LogP contribution in [0.1, 0.15) is 5.56 Å². The van der Waals surface area contributed by atoms with Gasteiger partial charge in [-0.3, -0.25) is 0 Å². The Balaban J connectivity index is 1.36. The van der Waals surface area contributed by atoms with E-state index in [2.05, 4.69) is 37.3 Å². The minimum Gasteiger partial charge on any atom is -0.455 e. The summed E-state index contributed by atoms with van der Waals surface area (Å²) in [4.78, 5) is -1.86. The van der Waals surface area contributed by atoms with Gasteiger partial charge in [0.1, 0.15) is 16.1 Å². The molecule has 0 aliphatic rings. The molecule has 9 aromatic rings. The van der Waals surface area contributed by atoms with E-state index < -0.39 is 25.9 Å². The molecule has 0 aliphatic heterocycles. The summed E-state index contributed by atoms with van der Waals surface area (Å²) < 4.78 is 80.2. The molecule has 1 heterocycles. The first kappa shape index (κ1) is 28.8. The third-order valence-corrected chi connectivity index (χ3v) is 10.7. The van der Waals surface area contributed by atoms with Crippen molar-refractivity contribution in [3.8, 4) is 22.3 Å². The molecule has 0 saturated heterocycles. The Bertz CT molecular complexity index is 2720. The van der Waals surface area contributed by atoms with Crippen molar-refractivity contribution in [2.75, 3.05) is 0 Å². The molecule has 0 atom stereocenters. The maximum atomic E-state index is 14.7. The fourth-order valence-corrected chi connectivity index (χ4v) is 8.79. The van der Waals surface area contributed by atoms with Crippen LogP contribution in [-0.2, 0) is 0 Å². The van der Waals surface area contributed by atoms with Gasteiger partial charge in [-0.2, -0.15) is 0 Å². The van der Waals surface area contributed by atoms with Gasteiger partial charge in [-0.25, -0.2) is 0 Å². The SMILES string of the molecule is Cc1c2ccccc2c(-c2ccc3c(c2)oc2c(-c4c5ccccc5c(S(F)(F)(F)(F)F)c5ccccc45)cccc23)c2ccccc12. The van der Waals surface area contributed by atoms with Crippen LogP contribution < -0.4 is 0 Å². The number of halogens is 5. The Hall–Kier alpha value is -5.40. The van der Waals surface area contributed by atoms with Crippen molar-refractivity contribution in [2.45, 2.75) is 11.8 Å². The van der Waals surface area contributed by atoms with Crippen molar-refractivity contribution in [3.05, 3.63) is 139 Å². The topological polar surface area (TPSA) is 13.1 Å². The van der Waals surface area contributed by atoms with Crippen molar-refractivity contribution < 1.29 is 23.8 Å². The zero-order valence-electron chi connectivity index (χ0n) is 25.4. The van der Waals surface area contributed by atoms with Gasteiger partial charge in [-0.1, -0.05) is 141 Å². The van der Waals surface area contributed by atoms with Gasteiger partial charge in [0.15, 0.2) is 0 Å². The van der Waals surface area contributed by atoms with Crippen LogP contribution in [0.5, 0.6) is 0 Å². The largest absolute Gasteiger partial charge is 0.455 e. The van der Waals surface area contributed by atoms with Gasteiger partial charge in [0, 0.05) is 32.7 Å². The van der Waals surface area contributed by atoms with E-state index in [-0.39, 0.29) is 10.8 Å². The Kier molecular flexibility index (Phi) is 5.48. The first-order chi connectivity index (χ1) is 22.9. The van der Waals surface area contributed by atoms with Crippen LogP contribution in [0, 0.1) is 6.92 Å². The fourth-order valence-electron chi connectivity index (χ4n) is 7.60. The van der Waals surface area contributed by atoms with Gasteiger partial charge in [-0.05, 0) is 68.1 Å². The molecular weight excluding hydrogens is 636 g/mol. The summed E-state index contributed by atoms with van der Waals surface area (Å²) >= 11 is 0. The normalized spacial score (nSPS) is 14.0. The van der Waals surface area contributed by atoms with Crippen molar-refractivity contribution in [1.82, 2.24) is 0 Å². The summed E-state index contributed by atoms with van der Waals surface area (Å²) in [6.45, 7) is 2.13. The molecule has 9 rings (SSSR count). The van der Waals surface area contributed by atoms with E-state index in [1.165, 1.54) is 29.8 Å². The minimum absolute atomic E-state index is 0.0747.